The van der Waals surface area contributed by atoms with Gasteiger partial charge in [-0.2, -0.15) is 0 Å². The molecule has 0 aromatic rings. The van der Waals surface area contributed by atoms with Crippen molar-refractivity contribution < 1.29 is 30.0 Å². The highest BCUT2D eigenvalue weighted by molar-refractivity contribution is 5.75. The maximum atomic E-state index is 11.1. The normalized spacial score (nSPS) is 39.4. The first-order chi connectivity index (χ1) is 7.51. The zero-order chi connectivity index (χ0) is 12.3. The minimum absolute atomic E-state index is 0.203. The average molecular weight is 235 g/mol. The summed E-state index contributed by atoms with van der Waals surface area (Å²) in [6.07, 6.45) is -6.21. The molecule has 1 fully saturated rings. The molecule has 0 aromatic carbocycles. The number of carbonyl (C=O) groups excluding carboxylic acids is 1. The number of ether oxygens (including phenoxy) is 1. The first-order valence-corrected chi connectivity index (χ1v) is 5.11. The van der Waals surface area contributed by atoms with Crippen molar-refractivity contribution in [1.29, 1.82) is 0 Å². The number of nitrogens with one attached hydrogen (secondary N) is 1. The highest BCUT2D eigenvalue weighted by Crippen LogP contribution is 2.19. The molecule has 0 unspecified atom stereocenters. The Kier molecular flexibility index (Phi) is 4.63. The zero-order valence-electron chi connectivity index (χ0n) is 8.91. The number of hydrogen-bond acceptors (Lipinski definition) is 6. The SMILES string of the molecule is CCC(=O)N[C@@H]1O[C@H](CO)[C@@H](O)[C@H](O)[C@@H]1O. The van der Waals surface area contributed by atoms with E-state index in [0.29, 0.717) is 0 Å². The van der Waals surface area contributed by atoms with Gasteiger partial charge in [0.1, 0.15) is 24.4 Å². The lowest BCUT2D eigenvalue weighted by molar-refractivity contribution is -0.235. The molecule has 0 aromatic heterocycles. The van der Waals surface area contributed by atoms with E-state index in [2.05, 4.69) is 5.32 Å². The van der Waals surface area contributed by atoms with E-state index < -0.39 is 37.3 Å². The molecule has 94 valence electrons. The summed E-state index contributed by atoms with van der Waals surface area (Å²) in [5.41, 5.74) is 0. The smallest absolute Gasteiger partial charge is 0.221 e. The van der Waals surface area contributed by atoms with E-state index in [4.69, 9.17) is 9.84 Å². The quantitative estimate of drug-likeness (QED) is 0.363. The Morgan fingerprint density at radius 2 is 1.88 bits per heavy atom. The fourth-order valence-electron chi connectivity index (χ4n) is 1.48. The second kappa shape index (κ2) is 5.55. The lowest BCUT2D eigenvalue weighted by Gasteiger charge is -2.40. The molecule has 0 radical (unpaired) electrons. The van der Waals surface area contributed by atoms with Gasteiger partial charge in [0.15, 0.2) is 6.23 Å². The summed E-state index contributed by atoms with van der Waals surface area (Å²) < 4.78 is 5.06. The molecule has 1 heterocycles. The Morgan fingerprint density at radius 1 is 1.25 bits per heavy atom. The van der Waals surface area contributed by atoms with E-state index in [0.717, 1.165) is 0 Å². The Bertz CT molecular complexity index is 246. The molecule has 7 nitrogen and oxygen atoms in total. The summed E-state index contributed by atoms with van der Waals surface area (Å²) in [6, 6.07) is 0. The molecular weight excluding hydrogens is 218 g/mol. The van der Waals surface area contributed by atoms with Crippen LogP contribution in [0.1, 0.15) is 13.3 Å². The Hall–Kier alpha value is -0.730. The lowest BCUT2D eigenvalue weighted by Crippen LogP contribution is -2.63. The number of aliphatic hydroxyl groups excluding tert-OH is 4. The molecule has 0 bridgehead atoms. The van der Waals surface area contributed by atoms with Crippen molar-refractivity contribution in [2.24, 2.45) is 0 Å². The monoisotopic (exact) mass is 235 g/mol. The van der Waals surface area contributed by atoms with Crippen LogP contribution in [0.4, 0.5) is 0 Å². The van der Waals surface area contributed by atoms with Crippen molar-refractivity contribution in [1.82, 2.24) is 5.32 Å². The number of amides is 1. The number of aliphatic hydroxyl groups is 4. The summed E-state index contributed by atoms with van der Waals surface area (Å²) in [6.45, 7) is 1.11. The van der Waals surface area contributed by atoms with E-state index in [1.54, 1.807) is 6.92 Å². The molecule has 0 spiro atoms. The molecule has 0 saturated carbocycles. The number of rotatable bonds is 3. The summed E-state index contributed by atoms with van der Waals surface area (Å²) in [4.78, 5) is 11.1. The van der Waals surface area contributed by atoms with Gasteiger partial charge in [0.25, 0.3) is 0 Å². The van der Waals surface area contributed by atoms with Gasteiger partial charge in [0.2, 0.25) is 5.91 Å². The predicted molar refractivity (Wildman–Crippen MR) is 52.2 cm³/mol. The third-order valence-corrected chi connectivity index (χ3v) is 2.52. The zero-order valence-corrected chi connectivity index (χ0v) is 8.91. The van der Waals surface area contributed by atoms with Gasteiger partial charge in [-0.15, -0.1) is 0 Å². The highest BCUT2D eigenvalue weighted by Gasteiger charge is 2.43. The first kappa shape index (κ1) is 13.3. The predicted octanol–water partition coefficient (Wildman–Crippen LogP) is -2.69. The molecule has 5 atom stereocenters. The van der Waals surface area contributed by atoms with Gasteiger partial charge in [-0.25, -0.2) is 0 Å². The van der Waals surface area contributed by atoms with Gasteiger partial charge in [0, 0.05) is 6.42 Å². The van der Waals surface area contributed by atoms with Crippen molar-refractivity contribution in [3.05, 3.63) is 0 Å². The lowest BCUT2D eigenvalue weighted by atomic mass is 9.98. The van der Waals surface area contributed by atoms with Gasteiger partial charge < -0.3 is 30.5 Å². The van der Waals surface area contributed by atoms with Gasteiger partial charge in [0.05, 0.1) is 6.61 Å². The van der Waals surface area contributed by atoms with Crippen LogP contribution in [0.5, 0.6) is 0 Å². The Morgan fingerprint density at radius 3 is 2.38 bits per heavy atom. The maximum Gasteiger partial charge on any atom is 0.221 e. The largest absolute Gasteiger partial charge is 0.394 e. The molecule has 1 aliphatic heterocycles. The van der Waals surface area contributed by atoms with E-state index in [1.165, 1.54) is 0 Å². The van der Waals surface area contributed by atoms with Gasteiger partial charge in [-0.1, -0.05) is 6.92 Å². The summed E-state index contributed by atoms with van der Waals surface area (Å²) >= 11 is 0. The highest BCUT2D eigenvalue weighted by atomic mass is 16.6. The van der Waals surface area contributed by atoms with Crippen LogP contribution in [0.3, 0.4) is 0 Å². The minimum atomic E-state index is -1.46. The second-order valence-electron chi connectivity index (χ2n) is 3.67. The van der Waals surface area contributed by atoms with E-state index in [9.17, 15) is 20.1 Å². The van der Waals surface area contributed by atoms with Crippen molar-refractivity contribution in [3.8, 4) is 0 Å². The fourth-order valence-corrected chi connectivity index (χ4v) is 1.48. The minimum Gasteiger partial charge on any atom is -0.394 e. The van der Waals surface area contributed by atoms with Crippen molar-refractivity contribution in [2.75, 3.05) is 6.61 Å². The average Bonchev–Trinajstić information content (AvgIpc) is 2.29. The molecule has 1 rings (SSSR count). The molecule has 16 heavy (non-hydrogen) atoms. The maximum absolute atomic E-state index is 11.1. The van der Waals surface area contributed by atoms with Crippen LogP contribution in [0.2, 0.25) is 0 Å². The standard InChI is InChI=1S/C9H17NO6/c1-2-5(12)10-9-8(15)7(14)6(13)4(3-11)16-9/h4,6-9,11,13-15H,2-3H2,1H3,(H,10,12)/t4-,6-,7+,8+,9-/m1/s1. The van der Waals surface area contributed by atoms with Gasteiger partial charge in [-0.3, -0.25) is 4.79 Å². The number of hydrogen-bond donors (Lipinski definition) is 5. The van der Waals surface area contributed by atoms with Gasteiger partial charge in [-0.05, 0) is 0 Å². The van der Waals surface area contributed by atoms with E-state index >= 15 is 0 Å². The molecule has 1 saturated heterocycles. The van der Waals surface area contributed by atoms with Crippen LogP contribution < -0.4 is 5.32 Å². The first-order valence-electron chi connectivity index (χ1n) is 5.11. The van der Waals surface area contributed by atoms with Crippen molar-refractivity contribution >= 4 is 5.91 Å². The van der Waals surface area contributed by atoms with Crippen molar-refractivity contribution in [3.63, 3.8) is 0 Å². The molecule has 1 aliphatic rings. The summed E-state index contributed by atoms with van der Waals surface area (Å²) in [7, 11) is 0. The van der Waals surface area contributed by atoms with Crippen LogP contribution in [0, 0.1) is 0 Å². The molecule has 0 aliphatic carbocycles. The Balaban J connectivity index is 2.67. The molecule has 1 amide bonds. The fraction of sp³-hybridized carbons (Fsp3) is 0.889. The Labute approximate surface area is 92.7 Å². The summed E-state index contributed by atoms with van der Waals surface area (Å²) in [5, 5.41) is 39.6. The van der Waals surface area contributed by atoms with Crippen LogP contribution >= 0.6 is 0 Å². The molecule has 7 heteroatoms. The number of carbonyl (C=O) groups is 1. The molecular formula is C9H17NO6. The topological polar surface area (TPSA) is 119 Å². The second-order valence-corrected chi connectivity index (χ2v) is 3.67. The summed E-state index contributed by atoms with van der Waals surface area (Å²) in [5.74, 6) is -0.357. The van der Waals surface area contributed by atoms with Gasteiger partial charge >= 0.3 is 0 Å². The third-order valence-electron chi connectivity index (χ3n) is 2.52. The van der Waals surface area contributed by atoms with Crippen LogP contribution in [0.25, 0.3) is 0 Å². The molecule has 5 N–H and O–H groups in total. The van der Waals surface area contributed by atoms with Crippen LogP contribution in [0.15, 0.2) is 0 Å². The van der Waals surface area contributed by atoms with E-state index in [1.807, 2.05) is 0 Å². The van der Waals surface area contributed by atoms with Crippen LogP contribution in [-0.4, -0.2) is 63.6 Å². The third kappa shape index (κ3) is 2.69. The van der Waals surface area contributed by atoms with Crippen LogP contribution in [-0.2, 0) is 9.53 Å². The van der Waals surface area contributed by atoms with E-state index in [-0.39, 0.29) is 12.3 Å². The van der Waals surface area contributed by atoms with Crippen molar-refractivity contribution in [2.45, 2.75) is 44.0 Å².